The summed E-state index contributed by atoms with van der Waals surface area (Å²) in [4.78, 5) is 0. The smallest absolute Gasteiger partial charge is 0.149 e. The van der Waals surface area contributed by atoms with Gasteiger partial charge in [-0.1, -0.05) is 0 Å². The van der Waals surface area contributed by atoms with Crippen molar-refractivity contribution in [2.45, 2.75) is 19.5 Å². The first-order valence-corrected chi connectivity index (χ1v) is 4.66. The van der Waals surface area contributed by atoms with Crippen molar-refractivity contribution in [3.63, 3.8) is 0 Å². The summed E-state index contributed by atoms with van der Waals surface area (Å²) in [5, 5.41) is 14.6. The predicted octanol–water partition coefficient (Wildman–Crippen LogP) is 0.760. The molecule has 5 heteroatoms. The minimum absolute atomic E-state index is 0.404. The van der Waals surface area contributed by atoms with E-state index in [1.165, 1.54) is 5.56 Å². The molecule has 2 aromatic heterocycles. The lowest BCUT2D eigenvalue weighted by Crippen LogP contribution is -2.09. The maximum Gasteiger partial charge on any atom is 0.149 e. The van der Waals surface area contributed by atoms with Gasteiger partial charge in [-0.2, -0.15) is 10.2 Å². The number of nitrogens with zero attached hydrogens (tertiary/aromatic N) is 3. The Balaban J connectivity index is 2.07. The number of fused-ring (bicyclic) bond motifs is 1. The topological polar surface area (TPSA) is 58.5 Å². The largest absolute Gasteiger partial charge is 0.304 e. The van der Waals surface area contributed by atoms with Crippen LogP contribution in [0, 0.1) is 0 Å². The van der Waals surface area contributed by atoms with E-state index in [9.17, 15) is 0 Å². The Bertz CT molecular complexity index is 442. The van der Waals surface area contributed by atoms with Gasteiger partial charge in [-0.25, -0.2) is 4.68 Å². The summed E-state index contributed by atoms with van der Waals surface area (Å²) < 4.78 is 1.84. The molecule has 1 unspecified atom stereocenters. The molecule has 72 valence electrons. The van der Waals surface area contributed by atoms with Gasteiger partial charge >= 0.3 is 0 Å². The maximum absolute atomic E-state index is 4.47. The minimum Gasteiger partial charge on any atom is -0.304 e. The van der Waals surface area contributed by atoms with Gasteiger partial charge in [0.2, 0.25) is 0 Å². The summed E-state index contributed by atoms with van der Waals surface area (Å²) in [5.74, 6) is 0.909. The Morgan fingerprint density at radius 2 is 2.50 bits per heavy atom. The highest BCUT2D eigenvalue weighted by atomic mass is 15.4. The fourth-order valence-electron chi connectivity index (χ4n) is 1.78. The summed E-state index contributed by atoms with van der Waals surface area (Å²) in [6, 6.07) is 2.31. The van der Waals surface area contributed by atoms with E-state index in [0.29, 0.717) is 6.04 Å². The number of aromatic nitrogens is 4. The lowest BCUT2D eigenvalue weighted by Gasteiger charge is -2.01. The summed E-state index contributed by atoms with van der Waals surface area (Å²) in [7, 11) is 0. The normalized spacial score (nSPS) is 19.9. The zero-order valence-electron chi connectivity index (χ0n) is 7.86. The van der Waals surface area contributed by atoms with Crippen LogP contribution in [0.25, 0.3) is 5.82 Å². The van der Waals surface area contributed by atoms with Gasteiger partial charge in [0, 0.05) is 30.4 Å². The van der Waals surface area contributed by atoms with Gasteiger partial charge in [-0.15, -0.1) is 0 Å². The molecule has 0 bridgehead atoms. The fraction of sp³-hybridized carbons (Fsp3) is 0.333. The van der Waals surface area contributed by atoms with E-state index in [0.717, 1.165) is 18.1 Å². The minimum atomic E-state index is 0.404. The van der Waals surface area contributed by atoms with Gasteiger partial charge in [0.25, 0.3) is 0 Å². The summed E-state index contributed by atoms with van der Waals surface area (Å²) in [5.41, 5.74) is 2.41. The first kappa shape index (κ1) is 7.75. The molecule has 0 saturated heterocycles. The van der Waals surface area contributed by atoms with Crippen LogP contribution in [0.5, 0.6) is 0 Å². The molecular weight excluding hydrogens is 178 g/mol. The van der Waals surface area contributed by atoms with E-state index in [1.54, 1.807) is 6.20 Å². The number of hydrogen-bond donors (Lipinski definition) is 2. The van der Waals surface area contributed by atoms with Crippen LogP contribution in [0.2, 0.25) is 0 Å². The molecule has 2 N–H and O–H groups in total. The van der Waals surface area contributed by atoms with E-state index in [-0.39, 0.29) is 0 Å². The SMILES string of the molecule is CC1NCc2nn(-c3ccn[nH]3)cc21. The van der Waals surface area contributed by atoms with Crippen LogP contribution in [-0.2, 0) is 6.54 Å². The molecule has 14 heavy (non-hydrogen) atoms. The van der Waals surface area contributed by atoms with Crippen LogP contribution in [0.4, 0.5) is 0 Å². The third-order valence-electron chi connectivity index (χ3n) is 2.60. The van der Waals surface area contributed by atoms with E-state index in [1.807, 2.05) is 16.9 Å². The van der Waals surface area contributed by atoms with Crippen LogP contribution < -0.4 is 5.32 Å². The molecule has 0 aliphatic carbocycles. The van der Waals surface area contributed by atoms with Gasteiger partial charge in [0.1, 0.15) is 5.82 Å². The summed E-state index contributed by atoms with van der Waals surface area (Å²) in [6.45, 7) is 3.00. The molecule has 1 aliphatic heterocycles. The van der Waals surface area contributed by atoms with Crippen LogP contribution in [0.1, 0.15) is 24.2 Å². The quantitative estimate of drug-likeness (QED) is 0.696. The molecule has 0 fully saturated rings. The molecular formula is C9H11N5. The van der Waals surface area contributed by atoms with Crippen molar-refractivity contribution in [3.8, 4) is 5.82 Å². The van der Waals surface area contributed by atoms with Crippen LogP contribution in [-0.4, -0.2) is 20.0 Å². The van der Waals surface area contributed by atoms with E-state index in [2.05, 4.69) is 27.5 Å². The zero-order valence-corrected chi connectivity index (χ0v) is 7.86. The summed E-state index contributed by atoms with van der Waals surface area (Å²) >= 11 is 0. The zero-order chi connectivity index (χ0) is 9.54. The van der Waals surface area contributed by atoms with Crippen LogP contribution in [0.15, 0.2) is 18.5 Å². The van der Waals surface area contributed by atoms with Crippen LogP contribution in [0.3, 0.4) is 0 Å². The molecule has 2 aromatic rings. The Morgan fingerprint density at radius 3 is 3.21 bits per heavy atom. The van der Waals surface area contributed by atoms with E-state index < -0.39 is 0 Å². The molecule has 0 spiro atoms. The van der Waals surface area contributed by atoms with Gasteiger partial charge in [0.15, 0.2) is 0 Å². The lowest BCUT2D eigenvalue weighted by molar-refractivity contribution is 0.616. The average Bonchev–Trinajstić information content (AvgIpc) is 2.83. The maximum atomic E-state index is 4.47. The van der Waals surface area contributed by atoms with Crippen molar-refractivity contribution >= 4 is 0 Å². The van der Waals surface area contributed by atoms with Gasteiger partial charge in [-0.05, 0) is 6.92 Å². The first-order chi connectivity index (χ1) is 6.84. The molecule has 3 rings (SSSR count). The Morgan fingerprint density at radius 1 is 1.57 bits per heavy atom. The molecule has 5 nitrogen and oxygen atoms in total. The van der Waals surface area contributed by atoms with Gasteiger partial charge in [0.05, 0.1) is 11.9 Å². The molecule has 1 atom stereocenters. The molecule has 1 aliphatic rings. The fourth-order valence-corrected chi connectivity index (χ4v) is 1.78. The Labute approximate surface area is 81.1 Å². The lowest BCUT2D eigenvalue weighted by atomic mass is 10.2. The number of rotatable bonds is 1. The first-order valence-electron chi connectivity index (χ1n) is 4.66. The number of nitrogens with one attached hydrogen (secondary N) is 2. The van der Waals surface area contributed by atoms with Crippen molar-refractivity contribution < 1.29 is 0 Å². The van der Waals surface area contributed by atoms with Crippen molar-refractivity contribution in [3.05, 3.63) is 29.7 Å². The van der Waals surface area contributed by atoms with Crippen molar-refractivity contribution in [1.29, 1.82) is 0 Å². The highest BCUT2D eigenvalue weighted by molar-refractivity contribution is 5.29. The number of aromatic amines is 1. The second kappa shape index (κ2) is 2.68. The van der Waals surface area contributed by atoms with Crippen molar-refractivity contribution in [2.24, 2.45) is 0 Å². The predicted molar refractivity (Wildman–Crippen MR) is 51.0 cm³/mol. The highest BCUT2D eigenvalue weighted by Crippen LogP contribution is 2.24. The number of H-pyrrole nitrogens is 1. The molecule has 3 heterocycles. The van der Waals surface area contributed by atoms with Gasteiger partial charge < -0.3 is 5.32 Å². The standard InChI is InChI=1S/C9H11N5/c1-6-7-5-14(9-2-3-11-12-9)13-8(7)4-10-6/h2-3,5-6,10H,4H2,1H3,(H,11,12). The number of hydrogen-bond acceptors (Lipinski definition) is 3. The van der Waals surface area contributed by atoms with E-state index in [4.69, 9.17) is 0 Å². The van der Waals surface area contributed by atoms with E-state index >= 15 is 0 Å². The summed E-state index contributed by atoms with van der Waals surface area (Å²) in [6.07, 6.45) is 3.78. The molecule has 0 saturated carbocycles. The Hall–Kier alpha value is -1.62. The van der Waals surface area contributed by atoms with Crippen LogP contribution >= 0.6 is 0 Å². The third-order valence-corrected chi connectivity index (χ3v) is 2.60. The molecule has 0 amide bonds. The third kappa shape index (κ3) is 0.990. The van der Waals surface area contributed by atoms with Gasteiger partial charge in [-0.3, -0.25) is 5.10 Å². The second-order valence-corrected chi connectivity index (χ2v) is 3.52. The average molecular weight is 189 g/mol. The monoisotopic (exact) mass is 189 g/mol. The van der Waals surface area contributed by atoms with Crippen molar-refractivity contribution in [1.82, 2.24) is 25.3 Å². The second-order valence-electron chi connectivity index (χ2n) is 3.52. The molecule has 0 aromatic carbocycles. The Kier molecular flexibility index (Phi) is 1.49. The highest BCUT2D eigenvalue weighted by Gasteiger charge is 2.21. The van der Waals surface area contributed by atoms with Crippen molar-refractivity contribution in [2.75, 3.05) is 0 Å². The molecule has 0 radical (unpaired) electrons.